The first-order valence-corrected chi connectivity index (χ1v) is 5.22. The summed E-state index contributed by atoms with van der Waals surface area (Å²) in [4.78, 5) is 4.47. The molecule has 0 aliphatic carbocycles. The molecule has 2 rings (SSSR count). The average Bonchev–Trinajstić information content (AvgIpc) is 2.55. The van der Waals surface area contributed by atoms with Crippen LogP contribution in [0.4, 0.5) is 0 Å². The summed E-state index contributed by atoms with van der Waals surface area (Å²) in [5.74, 6) is 1.01. The van der Waals surface area contributed by atoms with Gasteiger partial charge in [0, 0.05) is 13.6 Å². The summed E-state index contributed by atoms with van der Waals surface area (Å²) in [7, 11) is 2.01. The van der Waals surface area contributed by atoms with Gasteiger partial charge in [0.05, 0.1) is 23.6 Å². The molecule has 4 heteroatoms. The lowest BCUT2D eigenvalue weighted by Gasteiger charge is -2.01. The van der Waals surface area contributed by atoms with Gasteiger partial charge in [0.25, 0.3) is 0 Å². The summed E-state index contributed by atoms with van der Waals surface area (Å²) >= 11 is 0. The summed E-state index contributed by atoms with van der Waals surface area (Å²) < 4.78 is 2.07. The summed E-state index contributed by atoms with van der Waals surface area (Å²) in [6.07, 6.45) is 0. The van der Waals surface area contributed by atoms with Gasteiger partial charge >= 0.3 is 0 Å². The first kappa shape index (κ1) is 10.7. The van der Waals surface area contributed by atoms with Crippen LogP contribution >= 0.6 is 0 Å². The maximum Gasteiger partial charge on any atom is 0.106 e. The van der Waals surface area contributed by atoms with Crippen molar-refractivity contribution < 1.29 is 0 Å². The molecule has 0 unspecified atom stereocenters. The molecule has 16 heavy (non-hydrogen) atoms. The number of nitrogens with zero attached hydrogens (tertiary/aromatic N) is 3. The fourth-order valence-corrected chi connectivity index (χ4v) is 1.74. The highest BCUT2D eigenvalue weighted by atomic mass is 15.0. The number of nitriles is 1. The van der Waals surface area contributed by atoms with Gasteiger partial charge in [-0.15, -0.1) is 0 Å². The fraction of sp³-hybridized carbons (Fsp3) is 0.333. The van der Waals surface area contributed by atoms with E-state index in [2.05, 4.69) is 39.1 Å². The van der Waals surface area contributed by atoms with E-state index in [9.17, 15) is 0 Å². The number of aromatic nitrogens is 2. The molecule has 0 amide bonds. The van der Waals surface area contributed by atoms with Gasteiger partial charge in [-0.3, -0.25) is 0 Å². The van der Waals surface area contributed by atoms with Crippen molar-refractivity contribution >= 4 is 11.0 Å². The second kappa shape index (κ2) is 4.33. The number of fused-ring (bicyclic) bond motifs is 1. The van der Waals surface area contributed by atoms with Crippen LogP contribution in [-0.4, -0.2) is 16.1 Å². The Morgan fingerprint density at radius 2 is 2.31 bits per heavy atom. The summed E-state index contributed by atoms with van der Waals surface area (Å²) in [6, 6.07) is 8.25. The van der Waals surface area contributed by atoms with Crippen LogP contribution in [0.25, 0.3) is 11.0 Å². The maximum absolute atomic E-state index is 8.43. The number of aryl methyl sites for hydroxylation is 2. The minimum absolute atomic E-state index is 0.374. The molecular weight excluding hydrogens is 200 g/mol. The predicted molar refractivity (Wildman–Crippen MR) is 62.8 cm³/mol. The quantitative estimate of drug-likeness (QED) is 0.622. The van der Waals surface area contributed by atoms with Gasteiger partial charge in [0.15, 0.2) is 0 Å². The monoisotopic (exact) mass is 214 g/mol. The fourth-order valence-electron chi connectivity index (χ4n) is 1.74. The third kappa shape index (κ3) is 1.90. The molecule has 0 aliphatic heterocycles. The van der Waals surface area contributed by atoms with E-state index < -0.39 is 0 Å². The second-order valence-electron chi connectivity index (χ2n) is 3.80. The predicted octanol–water partition coefficient (Wildman–Crippen LogP) is 1.49. The van der Waals surface area contributed by atoms with Gasteiger partial charge in [-0.25, -0.2) is 4.98 Å². The Morgan fingerprint density at radius 3 is 3.06 bits per heavy atom. The average molecular weight is 214 g/mol. The lowest BCUT2D eigenvalue weighted by molar-refractivity contribution is 0.766. The first-order valence-electron chi connectivity index (χ1n) is 5.22. The smallest absolute Gasteiger partial charge is 0.106 e. The third-order valence-corrected chi connectivity index (χ3v) is 2.70. The maximum atomic E-state index is 8.43. The van der Waals surface area contributed by atoms with Crippen molar-refractivity contribution in [1.82, 2.24) is 14.9 Å². The number of rotatable bonds is 3. The third-order valence-electron chi connectivity index (χ3n) is 2.70. The molecule has 0 saturated heterocycles. The topological polar surface area (TPSA) is 53.6 Å². The van der Waals surface area contributed by atoms with Gasteiger partial charge in [-0.05, 0) is 24.6 Å². The molecule has 0 fully saturated rings. The zero-order valence-corrected chi connectivity index (χ0v) is 9.49. The molecule has 4 nitrogen and oxygen atoms in total. The zero-order chi connectivity index (χ0) is 11.5. The molecule has 0 bridgehead atoms. The molecular formula is C12H14N4. The molecule has 2 aromatic rings. The van der Waals surface area contributed by atoms with Crippen LogP contribution in [0.1, 0.15) is 11.4 Å². The summed E-state index contributed by atoms with van der Waals surface area (Å²) in [5, 5.41) is 11.5. The van der Waals surface area contributed by atoms with E-state index in [0.29, 0.717) is 13.1 Å². The number of hydrogen-bond acceptors (Lipinski definition) is 3. The van der Waals surface area contributed by atoms with Crippen LogP contribution < -0.4 is 5.32 Å². The van der Waals surface area contributed by atoms with Crippen LogP contribution in [0, 0.1) is 18.3 Å². The molecule has 1 N–H and O–H groups in total. The van der Waals surface area contributed by atoms with E-state index >= 15 is 0 Å². The van der Waals surface area contributed by atoms with Crippen molar-refractivity contribution in [3.63, 3.8) is 0 Å². The normalized spacial score (nSPS) is 10.6. The van der Waals surface area contributed by atoms with Crippen LogP contribution in [0.2, 0.25) is 0 Å². The van der Waals surface area contributed by atoms with Crippen LogP contribution in [-0.2, 0) is 13.6 Å². The molecule has 0 aliphatic rings. The van der Waals surface area contributed by atoms with Gasteiger partial charge in [0.1, 0.15) is 5.82 Å². The second-order valence-corrected chi connectivity index (χ2v) is 3.80. The summed E-state index contributed by atoms with van der Waals surface area (Å²) in [5.41, 5.74) is 3.30. The number of imidazole rings is 1. The molecule has 82 valence electrons. The van der Waals surface area contributed by atoms with Crippen LogP contribution in [0.5, 0.6) is 0 Å². The minimum atomic E-state index is 0.374. The zero-order valence-electron chi connectivity index (χ0n) is 9.49. The molecule has 0 spiro atoms. The number of hydrogen-bond donors (Lipinski definition) is 1. The lowest BCUT2D eigenvalue weighted by Crippen LogP contribution is -2.12. The van der Waals surface area contributed by atoms with Crippen molar-refractivity contribution in [1.29, 1.82) is 5.26 Å². The molecule has 0 saturated carbocycles. The minimum Gasteiger partial charge on any atom is -0.331 e. The molecule has 1 aromatic heterocycles. The van der Waals surface area contributed by atoms with Crippen molar-refractivity contribution in [3.8, 4) is 6.07 Å². The Kier molecular flexibility index (Phi) is 2.88. The molecule has 1 heterocycles. The van der Waals surface area contributed by atoms with E-state index in [4.69, 9.17) is 5.26 Å². The Balaban J connectivity index is 2.27. The highest BCUT2D eigenvalue weighted by Gasteiger charge is 2.04. The number of nitrogens with one attached hydrogen (secondary N) is 1. The first-order chi connectivity index (χ1) is 7.72. The van der Waals surface area contributed by atoms with Crippen molar-refractivity contribution in [2.24, 2.45) is 7.05 Å². The number of benzene rings is 1. The summed E-state index contributed by atoms with van der Waals surface area (Å²) in [6.45, 7) is 3.08. The van der Waals surface area contributed by atoms with E-state index in [1.807, 2.05) is 14.0 Å². The largest absolute Gasteiger partial charge is 0.331 e. The molecule has 0 radical (unpaired) electrons. The van der Waals surface area contributed by atoms with Crippen LogP contribution in [0.15, 0.2) is 18.2 Å². The van der Waals surface area contributed by atoms with E-state index in [1.54, 1.807) is 0 Å². The van der Waals surface area contributed by atoms with E-state index in [1.165, 1.54) is 0 Å². The Bertz CT molecular complexity index is 548. The van der Waals surface area contributed by atoms with Gasteiger partial charge in [-0.2, -0.15) is 5.26 Å². The van der Waals surface area contributed by atoms with Gasteiger partial charge in [-0.1, -0.05) is 6.07 Å². The van der Waals surface area contributed by atoms with Gasteiger partial charge < -0.3 is 9.88 Å². The van der Waals surface area contributed by atoms with E-state index in [-0.39, 0.29) is 0 Å². The van der Waals surface area contributed by atoms with Crippen molar-refractivity contribution in [2.45, 2.75) is 13.5 Å². The Hall–Kier alpha value is -1.86. The van der Waals surface area contributed by atoms with E-state index in [0.717, 1.165) is 22.4 Å². The highest BCUT2D eigenvalue weighted by Crippen LogP contribution is 2.16. The SMILES string of the molecule is Cc1nc2cc(CNCC#N)ccc2n1C. The Morgan fingerprint density at radius 1 is 1.50 bits per heavy atom. The lowest BCUT2D eigenvalue weighted by atomic mass is 10.2. The standard InChI is InChI=1S/C12H14N4/c1-9-15-11-7-10(8-14-6-5-13)3-4-12(11)16(9)2/h3-4,7,14H,6,8H2,1-2H3. The molecule has 1 aromatic carbocycles. The molecule has 0 atom stereocenters. The van der Waals surface area contributed by atoms with Crippen molar-refractivity contribution in [2.75, 3.05) is 6.54 Å². The van der Waals surface area contributed by atoms with Crippen LogP contribution in [0.3, 0.4) is 0 Å². The Labute approximate surface area is 94.5 Å². The van der Waals surface area contributed by atoms with Gasteiger partial charge in [0.2, 0.25) is 0 Å². The highest BCUT2D eigenvalue weighted by molar-refractivity contribution is 5.76. The van der Waals surface area contributed by atoms with Crippen molar-refractivity contribution in [3.05, 3.63) is 29.6 Å².